The molecule has 0 nitrogen and oxygen atoms in total. The lowest BCUT2D eigenvalue weighted by molar-refractivity contribution is 1.65. The van der Waals surface area contributed by atoms with Gasteiger partial charge < -0.3 is 0 Å². The number of hydrogen-bond acceptors (Lipinski definition) is 0. The van der Waals surface area contributed by atoms with Crippen LogP contribution >= 0.6 is 15.9 Å². The predicted octanol–water partition coefficient (Wildman–Crippen LogP) is 6.97. The molecule has 0 aliphatic carbocycles. The molecule has 0 amide bonds. The van der Waals surface area contributed by atoms with Crippen LogP contribution in [0.15, 0.2) is 77.3 Å². The van der Waals surface area contributed by atoms with Gasteiger partial charge in [0.1, 0.15) is 0 Å². The van der Waals surface area contributed by atoms with Crippen LogP contribution in [0.3, 0.4) is 0 Å². The molecule has 0 fully saturated rings. The summed E-state index contributed by atoms with van der Waals surface area (Å²) in [5, 5.41) is 6.64. The van der Waals surface area contributed by atoms with Gasteiger partial charge in [-0.05, 0) is 48.6 Å². The number of halogens is 1. The van der Waals surface area contributed by atoms with Crippen LogP contribution in [0.5, 0.6) is 0 Å². The molecule has 0 heterocycles. The molecule has 2 heteroatoms. The summed E-state index contributed by atoms with van der Waals surface area (Å²) in [5.74, 6) is 0. The first-order valence-corrected chi connectivity index (χ1v) is 13.0. The first kappa shape index (κ1) is 16.6. The fourth-order valence-corrected chi connectivity index (χ4v) is 5.38. The summed E-state index contributed by atoms with van der Waals surface area (Å²) >= 11 is 3.83. The van der Waals surface area contributed by atoms with Crippen LogP contribution in [0.2, 0.25) is 19.6 Å². The first-order chi connectivity index (χ1) is 12.0. The van der Waals surface area contributed by atoms with Gasteiger partial charge in [-0.1, -0.05) is 97.6 Å². The molecule has 0 aliphatic heterocycles. The molecule has 0 atom stereocenters. The largest absolute Gasteiger partial charge is 0.0775 e. The van der Waals surface area contributed by atoms with E-state index in [4.69, 9.17) is 0 Å². The molecule has 0 bridgehead atoms. The monoisotopic (exact) mass is 404 g/mol. The Morgan fingerprint density at radius 3 is 1.48 bits per heavy atom. The molecular weight excluding hydrogens is 384 g/mol. The Morgan fingerprint density at radius 2 is 1.04 bits per heavy atom. The molecule has 0 N–H and O–H groups in total. The Balaban J connectivity index is 2.07. The SMILES string of the molecule is C[Si](C)(C)c1ccc(-c2c3ccccc3c(Br)c3ccccc23)cc1. The molecule has 4 rings (SSSR count). The molecule has 0 aromatic heterocycles. The molecule has 0 saturated heterocycles. The van der Waals surface area contributed by atoms with Crippen molar-refractivity contribution in [1.29, 1.82) is 0 Å². The zero-order chi connectivity index (χ0) is 17.6. The average molecular weight is 405 g/mol. The molecule has 0 saturated carbocycles. The molecule has 124 valence electrons. The lowest BCUT2D eigenvalue weighted by Crippen LogP contribution is -2.37. The second kappa shape index (κ2) is 6.12. The molecule has 25 heavy (non-hydrogen) atoms. The van der Waals surface area contributed by atoms with Crippen LogP contribution in [0.1, 0.15) is 0 Å². The van der Waals surface area contributed by atoms with E-state index in [1.165, 1.54) is 42.3 Å². The van der Waals surface area contributed by atoms with Gasteiger partial charge >= 0.3 is 0 Å². The molecule has 0 aliphatic rings. The lowest BCUT2D eigenvalue weighted by Gasteiger charge is -2.18. The summed E-state index contributed by atoms with van der Waals surface area (Å²) in [6.07, 6.45) is 0. The third-order valence-electron chi connectivity index (χ3n) is 4.91. The zero-order valence-corrected chi connectivity index (χ0v) is 17.4. The number of rotatable bonds is 2. The van der Waals surface area contributed by atoms with Gasteiger partial charge in [0, 0.05) is 4.47 Å². The van der Waals surface area contributed by atoms with Gasteiger partial charge in [-0.3, -0.25) is 0 Å². The van der Waals surface area contributed by atoms with Gasteiger partial charge in [-0.25, -0.2) is 0 Å². The van der Waals surface area contributed by atoms with E-state index in [9.17, 15) is 0 Å². The van der Waals surface area contributed by atoms with Gasteiger partial charge in [-0.15, -0.1) is 0 Å². The molecule has 0 spiro atoms. The molecule has 0 unspecified atom stereocenters. The quantitative estimate of drug-likeness (QED) is 0.250. The normalized spacial score (nSPS) is 12.0. The lowest BCUT2D eigenvalue weighted by atomic mass is 9.92. The highest BCUT2D eigenvalue weighted by molar-refractivity contribution is 9.10. The highest BCUT2D eigenvalue weighted by atomic mass is 79.9. The van der Waals surface area contributed by atoms with Crippen LogP contribution in [0, 0.1) is 0 Å². The van der Waals surface area contributed by atoms with Crippen LogP contribution < -0.4 is 5.19 Å². The van der Waals surface area contributed by atoms with Crippen molar-refractivity contribution in [1.82, 2.24) is 0 Å². The molecule has 0 radical (unpaired) electrons. The fourth-order valence-electron chi connectivity index (χ4n) is 3.52. The van der Waals surface area contributed by atoms with Crippen molar-refractivity contribution in [2.45, 2.75) is 19.6 Å². The van der Waals surface area contributed by atoms with Crippen molar-refractivity contribution >= 4 is 50.7 Å². The predicted molar refractivity (Wildman–Crippen MR) is 118 cm³/mol. The summed E-state index contributed by atoms with van der Waals surface area (Å²) in [4.78, 5) is 0. The maximum absolute atomic E-state index is 3.83. The van der Waals surface area contributed by atoms with Gasteiger partial charge in [-0.2, -0.15) is 0 Å². The van der Waals surface area contributed by atoms with E-state index >= 15 is 0 Å². The minimum absolute atomic E-state index is 1.18. The van der Waals surface area contributed by atoms with E-state index in [1.54, 1.807) is 0 Å². The minimum Gasteiger partial charge on any atom is -0.0656 e. The Morgan fingerprint density at radius 1 is 0.600 bits per heavy atom. The van der Waals surface area contributed by atoms with Crippen LogP contribution in [-0.4, -0.2) is 8.07 Å². The van der Waals surface area contributed by atoms with Gasteiger partial charge in [0.25, 0.3) is 0 Å². The van der Waals surface area contributed by atoms with Gasteiger partial charge in [0.15, 0.2) is 0 Å². The van der Waals surface area contributed by atoms with Crippen molar-refractivity contribution in [2.24, 2.45) is 0 Å². The summed E-state index contributed by atoms with van der Waals surface area (Å²) < 4.78 is 1.18. The maximum Gasteiger partial charge on any atom is 0.0775 e. The summed E-state index contributed by atoms with van der Waals surface area (Å²) in [6.45, 7) is 7.19. The number of fused-ring (bicyclic) bond motifs is 2. The molecule has 4 aromatic rings. The van der Waals surface area contributed by atoms with Crippen molar-refractivity contribution in [2.75, 3.05) is 0 Å². The highest BCUT2D eigenvalue weighted by Gasteiger charge is 2.17. The van der Waals surface area contributed by atoms with Crippen LogP contribution in [-0.2, 0) is 0 Å². The second-order valence-corrected chi connectivity index (χ2v) is 13.5. The van der Waals surface area contributed by atoms with E-state index in [0.29, 0.717) is 0 Å². The maximum atomic E-state index is 3.83. The zero-order valence-electron chi connectivity index (χ0n) is 14.8. The summed E-state index contributed by atoms with van der Waals surface area (Å²) in [7, 11) is -1.28. The van der Waals surface area contributed by atoms with E-state index in [-0.39, 0.29) is 0 Å². The summed E-state index contributed by atoms with van der Waals surface area (Å²) in [5.41, 5.74) is 2.62. The second-order valence-electron chi connectivity index (χ2n) is 7.61. The first-order valence-electron chi connectivity index (χ1n) is 8.67. The van der Waals surface area contributed by atoms with Crippen LogP contribution in [0.4, 0.5) is 0 Å². The highest BCUT2D eigenvalue weighted by Crippen LogP contribution is 2.41. The number of benzene rings is 4. The molecular formula is C23H21BrSi. The van der Waals surface area contributed by atoms with E-state index in [1.807, 2.05) is 0 Å². The third kappa shape index (κ3) is 2.84. The van der Waals surface area contributed by atoms with E-state index in [0.717, 1.165) is 0 Å². The van der Waals surface area contributed by atoms with Crippen molar-refractivity contribution in [3.63, 3.8) is 0 Å². The van der Waals surface area contributed by atoms with Crippen LogP contribution in [0.25, 0.3) is 32.7 Å². The van der Waals surface area contributed by atoms with Gasteiger partial charge in [0.2, 0.25) is 0 Å². The Kier molecular flexibility index (Phi) is 4.05. The third-order valence-corrected chi connectivity index (χ3v) is 7.83. The van der Waals surface area contributed by atoms with Crippen molar-refractivity contribution in [3.8, 4) is 11.1 Å². The fraction of sp³-hybridized carbons (Fsp3) is 0.130. The standard InChI is InChI=1S/C23H21BrSi/c1-25(2,3)17-14-12-16(13-15-17)22-18-8-4-6-10-20(18)23(24)21-11-7-5-9-19(21)22/h4-15H,1-3H3. The smallest absolute Gasteiger partial charge is 0.0656 e. The Hall–Kier alpha value is -1.90. The van der Waals surface area contributed by atoms with Gasteiger partial charge in [0.05, 0.1) is 8.07 Å². The Bertz CT molecular complexity index is 1020. The molecule has 4 aromatic carbocycles. The average Bonchev–Trinajstić information content (AvgIpc) is 2.62. The van der Waals surface area contributed by atoms with E-state index in [2.05, 4.69) is 108 Å². The van der Waals surface area contributed by atoms with Crippen molar-refractivity contribution < 1.29 is 0 Å². The topological polar surface area (TPSA) is 0 Å². The van der Waals surface area contributed by atoms with E-state index < -0.39 is 8.07 Å². The summed E-state index contributed by atoms with van der Waals surface area (Å²) in [6, 6.07) is 26.6. The van der Waals surface area contributed by atoms with Crippen molar-refractivity contribution in [3.05, 3.63) is 77.3 Å². The number of hydrogen-bond donors (Lipinski definition) is 0. The Labute approximate surface area is 158 Å². The minimum atomic E-state index is -1.28.